The van der Waals surface area contributed by atoms with E-state index in [0.717, 1.165) is 19.5 Å². The molecule has 1 saturated heterocycles. The van der Waals surface area contributed by atoms with Gasteiger partial charge in [0.15, 0.2) is 0 Å². The van der Waals surface area contributed by atoms with Crippen LogP contribution in [0.15, 0.2) is 0 Å². The summed E-state index contributed by atoms with van der Waals surface area (Å²) in [6.07, 6.45) is 0.846. The van der Waals surface area contributed by atoms with Gasteiger partial charge < -0.3 is 5.11 Å². The molecule has 1 aliphatic heterocycles. The van der Waals surface area contributed by atoms with Gasteiger partial charge in [-0.2, -0.15) is 0 Å². The second-order valence-electron chi connectivity index (χ2n) is 3.72. The van der Waals surface area contributed by atoms with Gasteiger partial charge in [-0.15, -0.1) is 0 Å². The van der Waals surface area contributed by atoms with E-state index in [1.54, 1.807) is 11.2 Å². The Bertz CT molecular complexity index is 279. The lowest BCUT2D eigenvalue weighted by Crippen LogP contribution is -2.36. The molecule has 0 unspecified atom stereocenters. The normalized spacial score (nSPS) is 21.5. The molecule has 1 N–H and O–H groups in total. The molecule has 0 bridgehead atoms. The van der Waals surface area contributed by atoms with Crippen LogP contribution in [0.4, 0.5) is 0 Å². The maximum Gasteiger partial charge on any atom is 0.213 e. The summed E-state index contributed by atoms with van der Waals surface area (Å²) < 4.78 is 24.8. The van der Waals surface area contributed by atoms with Crippen molar-refractivity contribution in [1.29, 1.82) is 0 Å². The summed E-state index contributed by atoms with van der Waals surface area (Å²) in [5.74, 6) is 0.174. The van der Waals surface area contributed by atoms with Crippen LogP contribution in [0.5, 0.6) is 0 Å². The summed E-state index contributed by atoms with van der Waals surface area (Å²) in [7, 11) is -3.04. The van der Waals surface area contributed by atoms with E-state index in [4.69, 9.17) is 5.11 Å². The van der Waals surface area contributed by atoms with Crippen LogP contribution < -0.4 is 0 Å². The number of hydrogen-bond acceptors (Lipinski definition) is 4. The Hall–Kier alpha value is -0.170. The average molecular weight is 236 g/mol. The smallest absolute Gasteiger partial charge is 0.213 e. The van der Waals surface area contributed by atoms with Crippen molar-refractivity contribution in [3.8, 4) is 0 Å². The van der Waals surface area contributed by atoms with Crippen molar-refractivity contribution < 1.29 is 13.5 Å². The van der Waals surface area contributed by atoms with Crippen molar-refractivity contribution in [3.05, 3.63) is 0 Å². The summed E-state index contributed by atoms with van der Waals surface area (Å²) in [6.45, 7) is 5.20. The zero-order valence-corrected chi connectivity index (χ0v) is 10.0. The van der Waals surface area contributed by atoms with Crippen molar-refractivity contribution in [2.45, 2.75) is 13.3 Å². The highest BCUT2D eigenvalue weighted by Crippen LogP contribution is 2.08. The first-order chi connectivity index (χ1) is 7.10. The molecule has 0 spiro atoms. The highest BCUT2D eigenvalue weighted by molar-refractivity contribution is 7.89. The monoisotopic (exact) mass is 236 g/mol. The molecule has 6 heteroatoms. The van der Waals surface area contributed by atoms with Gasteiger partial charge in [-0.3, -0.25) is 4.90 Å². The van der Waals surface area contributed by atoms with E-state index in [1.165, 1.54) is 0 Å². The molecule has 0 aromatic heterocycles. The predicted octanol–water partition coefficient (Wildman–Crippen LogP) is -0.664. The minimum absolute atomic E-state index is 0.139. The lowest BCUT2D eigenvalue weighted by molar-refractivity contribution is 0.202. The third-order valence-electron chi connectivity index (χ3n) is 2.72. The minimum atomic E-state index is -3.04. The third kappa shape index (κ3) is 3.71. The van der Waals surface area contributed by atoms with E-state index in [2.05, 4.69) is 4.90 Å². The number of β-amino-alcohol motifs (C(OH)–C–C–N with tert-alkyl or cyclic N) is 1. The first-order valence-electron chi connectivity index (χ1n) is 5.41. The van der Waals surface area contributed by atoms with Gasteiger partial charge in [0.25, 0.3) is 0 Å². The molecule has 0 aliphatic carbocycles. The molecule has 1 fully saturated rings. The van der Waals surface area contributed by atoms with Crippen molar-refractivity contribution in [2.24, 2.45) is 0 Å². The van der Waals surface area contributed by atoms with Crippen molar-refractivity contribution >= 4 is 10.0 Å². The molecule has 90 valence electrons. The van der Waals surface area contributed by atoms with Crippen molar-refractivity contribution in [2.75, 3.05) is 45.1 Å². The minimum Gasteiger partial charge on any atom is -0.395 e. The van der Waals surface area contributed by atoms with Crippen molar-refractivity contribution in [3.63, 3.8) is 0 Å². The van der Waals surface area contributed by atoms with Gasteiger partial charge in [-0.1, -0.05) is 0 Å². The molecular weight excluding hydrogens is 216 g/mol. The van der Waals surface area contributed by atoms with E-state index in [0.29, 0.717) is 19.6 Å². The van der Waals surface area contributed by atoms with Gasteiger partial charge in [-0.25, -0.2) is 12.7 Å². The van der Waals surface area contributed by atoms with Crippen LogP contribution >= 0.6 is 0 Å². The molecule has 0 saturated carbocycles. The van der Waals surface area contributed by atoms with Gasteiger partial charge in [0.2, 0.25) is 10.0 Å². The van der Waals surface area contributed by atoms with Gasteiger partial charge in [0, 0.05) is 26.2 Å². The second kappa shape index (κ2) is 5.79. The Labute approximate surface area is 91.7 Å². The SMILES string of the molecule is CCS(=O)(=O)N1CCCN(CCO)CC1. The molecule has 15 heavy (non-hydrogen) atoms. The zero-order chi connectivity index (χ0) is 11.3. The highest BCUT2D eigenvalue weighted by atomic mass is 32.2. The van der Waals surface area contributed by atoms with Gasteiger partial charge >= 0.3 is 0 Å². The Morgan fingerprint density at radius 2 is 1.93 bits per heavy atom. The second-order valence-corrected chi connectivity index (χ2v) is 5.98. The zero-order valence-electron chi connectivity index (χ0n) is 9.22. The van der Waals surface area contributed by atoms with E-state index < -0.39 is 10.0 Å². The molecular formula is C9H20N2O3S. The van der Waals surface area contributed by atoms with E-state index in [1.807, 2.05) is 0 Å². The fourth-order valence-corrected chi connectivity index (χ4v) is 2.91. The fourth-order valence-electron chi connectivity index (χ4n) is 1.77. The number of aliphatic hydroxyl groups excluding tert-OH is 1. The quantitative estimate of drug-likeness (QED) is 0.704. The molecule has 0 atom stereocenters. The number of aliphatic hydroxyl groups is 1. The predicted molar refractivity (Wildman–Crippen MR) is 59.2 cm³/mol. The average Bonchev–Trinajstić information content (AvgIpc) is 2.44. The van der Waals surface area contributed by atoms with Crippen LogP contribution in [0.25, 0.3) is 0 Å². The standard InChI is InChI=1S/C9H20N2O3S/c1-2-15(13,14)11-5-3-4-10(6-7-11)8-9-12/h12H,2-9H2,1H3. The van der Waals surface area contributed by atoms with E-state index >= 15 is 0 Å². The first kappa shape index (κ1) is 12.9. The van der Waals surface area contributed by atoms with Crippen molar-refractivity contribution in [1.82, 2.24) is 9.21 Å². The van der Waals surface area contributed by atoms with Crippen LogP contribution in [0.3, 0.4) is 0 Å². The lowest BCUT2D eigenvalue weighted by atomic mass is 10.4. The maximum atomic E-state index is 11.6. The molecule has 0 aromatic carbocycles. The van der Waals surface area contributed by atoms with E-state index in [-0.39, 0.29) is 12.4 Å². The topological polar surface area (TPSA) is 60.9 Å². The Kier molecular flexibility index (Phi) is 4.98. The summed E-state index contributed by atoms with van der Waals surface area (Å²) in [5, 5.41) is 8.81. The largest absolute Gasteiger partial charge is 0.395 e. The van der Waals surface area contributed by atoms with Crippen LogP contribution in [-0.2, 0) is 10.0 Å². The molecule has 1 aliphatic rings. The Morgan fingerprint density at radius 3 is 2.53 bits per heavy atom. The fraction of sp³-hybridized carbons (Fsp3) is 1.00. The lowest BCUT2D eigenvalue weighted by Gasteiger charge is -2.20. The summed E-state index contributed by atoms with van der Waals surface area (Å²) in [5.41, 5.74) is 0. The molecule has 5 nitrogen and oxygen atoms in total. The molecule has 1 heterocycles. The molecule has 0 aromatic rings. The summed E-state index contributed by atoms with van der Waals surface area (Å²) in [4.78, 5) is 2.10. The highest BCUT2D eigenvalue weighted by Gasteiger charge is 2.22. The number of sulfonamides is 1. The van der Waals surface area contributed by atoms with Gasteiger partial charge in [0.05, 0.1) is 12.4 Å². The summed E-state index contributed by atoms with van der Waals surface area (Å²) in [6, 6.07) is 0. The number of rotatable bonds is 4. The summed E-state index contributed by atoms with van der Waals surface area (Å²) >= 11 is 0. The Balaban J connectivity index is 2.53. The number of nitrogens with zero attached hydrogens (tertiary/aromatic N) is 2. The van der Waals surface area contributed by atoms with Gasteiger partial charge in [0.1, 0.15) is 0 Å². The number of hydrogen-bond donors (Lipinski definition) is 1. The van der Waals surface area contributed by atoms with E-state index in [9.17, 15) is 8.42 Å². The van der Waals surface area contributed by atoms with Crippen LogP contribution in [0, 0.1) is 0 Å². The van der Waals surface area contributed by atoms with Gasteiger partial charge in [-0.05, 0) is 19.9 Å². The molecule has 0 radical (unpaired) electrons. The van der Waals surface area contributed by atoms with Crippen LogP contribution in [-0.4, -0.2) is 67.8 Å². The maximum absolute atomic E-state index is 11.6. The molecule has 0 amide bonds. The Morgan fingerprint density at radius 1 is 1.20 bits per heavy atom. The van der Waals surface area contributed by atoms with Crippen LogP contribution in [0.2, 0.25) is 0 Å². The van der Waals surface area contributed by atoms with Crippen LogP contribution in [0.1, 0.15) is 13.3 Å². The first-order valence-corrected chi connectivity index (χ1v) is 7.02. The third-order valence-corrected chi connectivity index (χ3v) is 4.60. The molecule has 1 rings (SSSR count).